The molecule has 1 heterocycles. The third kappa shape index (κ3) is 5.08. The minimum atomic E-state index is -0.0695. The Bertz CT molecular complexity index is 944. The van der Waals surface area contributed by atoms with E-state index < -0.39 is 0 Å². The van der Waals surface area contributed by atoms with Crippen LogP contribution in [0.4, 0.5) is 11.4 Å². The number of rotatable bonds is 6. The molecule has 154 valence electrons. The molecule has 4 rings (SSSR count). The molecule has 0 aliphatic carbocycles. The Hall–Kier alpha value is -3.11. The van der Waals surface area contributed by atoms with Gasteiger partial charge in [0.25, 0.3) is 5.91 Å². The summed E-state index contributed by atoms with van der Waals surface area (Å²) in [4.78, 5) is 17.4. The Morgan fingerprint density at radius 3 is 2.10 bits per heavy atom. The standard InChI is InChI=1S/C26H29N3O/c1-2-21-8-10-23(11-9-21)26(30)27-24-12-14-25(15-13-24)29-18-16-28(17-19-29)20-22-6-4-3-5-7-22/h3-15H,2,16-20H2,1H3,(H,27,30). The van der Waals surface area contributed by atoms with Crippen LogP contribution in [0.2, 0.25) is 0 Å². The van der Waals surface area contributed by atoms with Crippen molar-refractivity contribution in [3.05, 3.63) is 95.6 Å². The first-order valence-corrected chi connectivity index (χ1v) is 10.7. The van der Waals surface area contributed by atoms with Gasteiger partial charge in [0.05, 0.1) is 0 Å². The number of nitrogens with one attached hydrogen (secondary N) is 1. The second-order valence-corrected chi connectivity index (χ2v) is 7.80. The van der Waals surface area contributed by atoms with Crippen molar-refractivity contribution in [3.63, 3.8) is 0 Å². The van der Waals surface area contributed by atoms with Gasteiger partial charge in [-0.15, -0.1) is 0 Å². The molecule has 4 heteroatoms. The molecule has 30 heavy (non-hydrogen) atoms. The molecule has 0 aromatic heterocycles. The molecule has 0 radical (unpaired) electrons. The van der Waals surface area contributed by atoms with E-state index in [1.165, 1.54) is 16.8 Å². The van der Waals surface area contributed by atoms with Gasteiger partial charge in [-0.1, -0.05) is 49.4 Å². The van der Waals surface area contributed by atoms with Crippen LogP contribution >= 0.6 is 0 Å². The summed E-state index contributed by atoms with van der Waals surface area (Å²) in [7, 11) is 0. The summed E-state index contributed by atoms with van der Waals surface area (Å²) in [6.45, 7) is 7.27. The first kappa shape index (κ1) is 20.2. The topological polar surface area (TPSA) is 35.6 Å². The van der Waals surface area contributed by atoms with Gasteiger partial charge in [-0.25, -0.2) is 0 Å². The summed E-state index contributed by atoms with van der Waals surface area (Å²) in [5.74, 6) is -0.0695. The molecule has 1 fully saturated rings. The molecule has 1 aliphatic heterocycles. The summed E-state index contributed by atoms with van der Waals surface area (Å²) in [5, 5.41) is 2.99. The van der Waals surface area contributed by atoms with Crippen LogP contribution in [0.3, 0.4) is 0 Å². The predicted molar refractivity (Wildman–Crippen MR) is 124 cm³/mol. The Kier molecular flexibility index (Phi) is 6.45. The van der Waals surface area contributed by atoms with Crippen molar-refractivity contribution in [1.29, 1.82) is 0 Å². The highest BCUT2D eigenvalue weighted by atomic mass is 16.1. The quantitative estimate of drug-likeness (QED) is 0.645. The van der Waals surface area contributed by atoms with Crippen LogP contribution in [0, 0.1) is 0 Å². The molecule has 0 saturated carbocycles. The molecular formula is C26H29N3O. The van der Waals surface area contributed by atoms with Crippen LogP contribution in [0.5, 0.6) is 0 Å². The Balaban J connectivity index is 1.30. The van der Waals surface area contributed by atoms with Gasteiger partial charge >= 0.3 is 0 Å². The maximum Gasteiger partial charge on any atom is 0.255 e. The van der Waals surface area contributed by atoms with E-state index in [0.717, 1.165) is 44.8 Å². The molecule has 1 amide bonds. The van der Waals surface area contributed by atoms with Gasteiger partial charge in [0.1, 0.15) is 0 Å². The first-order chi connectivity index (χ1) is 14.7. The number of piperazine rings is 1. The molecule has 1 N–H and O–H groups in total. The van der Waals surface area contributed by atoms with E-state index in [1.54, 1.807) is 0 Å². The minimum Gasteiger partial charge on any atom is -0.369 e. The van der Waals surface area contributed by atoms with Crippen LogP contribution in [0.25, 0.3) is 0 Å². The van der Waals surface area contributed by atoms with Gasteiger partial charge in [-0.2, -0.15) is 0 Å². The van der Waals surface area contributed by atoms with Crippen molar-refractivity contribution in [2.45, 2.75) is 19.9 Å². The molecule has 3 aromatic carbocycles. The second-order valence-electron chi connectivity index (χ2n) is 7.80. The van der Waals surface area contributed by atoms with Gasteiger partial charge < -0.3 is 10.2 Å². The Morgan fingerprint density at radius 2 is 1.47 bits per heavy atom. The van der Waals surface area contributed by atoms with E-state index in [2.05, 4.69) is 64.5 Å². The zero-order chi connectivity index (χ0) is 20.8. The van der Waals surface area contributed by atoms with Crippen molar-refractivity contribution in [2.24, 2.45) is 0 Å². The number of hydrogen-bond donors (Lipinski definition) is 1. The smallest absolute Gasteiger partial charge is 0.255 e. The fraction of sp³-hybridized carbons (Fsp3) is 0.269. The second kappa shape index (κ2) is 9.59. The van der Waals surface area contributed by atoms with Crippen LogP contribution in [-0.4, -0.2) is 37.0 Å². The number of amides is 1. The zero-order valence-corrected chi connectivity index (χ0v) is 17.6. The van der Waals surface area contributed by atoms with Gasteiger partial charge in [0.2, 0.25) is 0 Å². The molecule has 0 unspecified atom stereocenters. The molecular weight excluding hydrogens is 370 g/mol. The maximum absolute atomic E-state index is 12.5. The summed E-state index contributed by atoms with van der Waals surface area (Å²) >= 11 is 0. The Morgan fingerprint density at radius 1 is 0.800 bits per heavy atom. The van der Waals surface area contributed by atoms with Crippen molar-refractivity contribution in [3.8, 4) is 0 Å². The average Bonchev–Trinajstić information content (AvgIpc) is 2.81. The van der Waals surface area contributed by atoms with E-state index >= 15 is 0 Å². The molecule has 0 atom stereocenters. The number of aryl methyl sites for hydroxylation is 1. The zero-order valence-electron chi connectivity index (χ0n) is 17.6. The lowest BCUT2D eigenvalue weighted by atomic mass is 10.1. The lowest BCUT2D eigenvalue weighted by Crippen LogP contribution is -2.45. The summed E-state index contributed by atoms with van der Waals surface area (Å²) in [6, 6.07) is 26.6. The number of benzene rings is 3. The number of nitrogens with zero attached hydrogens (tertiary/aromatic N) is 2. The van der Waals surface area contributed by atoms with E-state index in [0.29, 0.717) is 5.56 Å². The summed E-state index contributed by atoms with van der Waals surface area (Å²) in [6.07, 6.45) is 0.976. The van der Waals surface area contributed by atoms with E-state index in [4.69, 9.17) is 0 Å². The van der Waals surface area contributed by atoms with Gasteiger partial charge in [-0.05, 0) is 53.9 Å². The fourth-order valence-electron chi connectivity index (χ4n) is 3.86. The summed E-state index contributed by atoms with van der Waals surface area (Å²) < 4.78 is 0. The van der Waals surface area contributed by atoms with Gasteiger partial charge in [0.15, 0.2) is 0 Å². The highest BCUT2D eigenvalue weighted by molar-refractivity contribution is 6.04. The van der Waals surface area contributed by atoms with Crippen LogP contribution in [0.1, 0.15) is 28.4 Å². The number of anilines is 2. The normalized spacial score (nSPS) is 14.5. The minimum absolute atomic E-state index is 0.0695. The molecule has 4 nitrogen and oxygen atoms in total. The van der Waals surface area contributed by atoms with E-state index in [9.17, 15) is 4.79 Å². The Labute approximate surface area is 179 Å². The van der Waals surface area contributed by atoms with Gasteiger partial charge in [0, 0.05) is 49.7 Å². The van der Waals surface area contributed by atoms with Crippen LogP contribution in [0.15, 0.2) is 78.9 Å². The van der Waals surface area contributed by atoms with Crippen molar-refractivity contribution < 1.29 is 4.79 Å². The highest BCUT2D eigenvalue weighted by Crippen LogP contribution is 2.21. The van der Waals surface area contributed by atoms with E-state index in [1.807, 2.05) is 36.4 Å². The third-order valence-corrected chi connectivity index (χ3v) is 5.74. The number of hydrogen-bond acceptors (Lipinski definition) is 3. The van der Waals surface area contributed by atoms with Crippen molar-refractivity contribution in [2.75, 3.05) is 36.4 Å². The fourth-order valence-corrected chi connectivity index (χ4v) is 3.86. The highest BCUT2D eigenvalue weighted by Gasteiger charge is 2.17. The van der Waals surface area contributed by atoms with Gasteiger partial charge in [-0.3, -0.25) is 9.69 Å². The number of carbonyl (C=O) groups excluding carboxylic acids is 1. The molecule has 1 saturated heterocycles. The first-order valence-electron chi connectivity index (χ1n) is 10.7. The molecule has 3 aromatic rings. The largest absolute Gasteiger partial charge is 0.369 e. The van der Waals surface area contributed by atoms with Crippen LogP contribution < -0.4 is 10.2 Å². The summed E-state index contributed by atoms with van der Waals surface area (Å²) in [5.41, 5.74) is 5.33. The maximum atomic E-state index is 12.5. The lowest BCUT2D eigenvalue weighted by molar-refractivity contribution is 0.102. The third-order valence-electron chi connectivity index (χ3n) is 5.74. The predicted octanol–water partition coefficient (Wildman–Crippen LogP) is 4.82. The molecule has 1 aliphatic rings. The van der Waals surface area contributed by atoms with E-state index in [-0.39, 0.29) is 5.91 Å². The van der Waals surface area contributed by atoms with Crippen molar-refractivity contribution in [1.82, 2.24) is 4.90 Å². The number of carbonyl (C=O) groups is 1. The molecule has 0 bridgehead atoms. The lowest BCUT2D eigenvalue weighted by Gasteiger charge is -2.36. The van der Waals surface area contributed by atoms with Crippen molar-refractivity contribution >= 4 is 17.3 Å². The average molecular weight is 400 g/mol. The monoisotopic (exact) mass is 399 g/mol. The SMILES string of the molecule is CCc1ccc(C(=O)Nc2ccc(N3CCN(Cc4ccccc4)CC3)cc2)cc1. The van der Waals surface area contributed by atoms with Crippen LogP contribution in [-0.2, 0) is 13.0 Å². The molecule has 0 spiro atoms.